The molecule has 0 radical (unpaired) electrons. The molecule has 0 heterocycles. The first kappa shape index (κ1) is 23.8. The van der Waals surface area contributed by atoms with E-state index >= 15 is 0 Å². The van der Waals surface area contributed by atoms with Crippen molar-refractivity contribution in [2.24, 2.45) is 11.8 Å². The summed E-state index contributed by atoms with van der Waals surface area (Å²) in [5.74, 6) is -1.59. The van der Waals surface area contributed by atoms with Crippen molar-refractivity contribution < 1.29 is 24.2 Å². The quantitative estimate of drug-likeness (QED) is 0.513. The average molecular weight is 465 g/mol. The predicted molar refractivity (Wildman–Crippen MR) is 128 cm³/mol. The Hall–Kier alpha value is -3.35. The van der Waals surface area contributed by atoms with Gasteiger partial charge >= 0.3 is 12.1 Å². The molecule has 2 amide bonds. The number of ether oxygens (including phenoxy) is 1. The topological polar surface area (TPSA) is 105 Å². The normalized spacial score (nSPS) is 16.9. The summed E-state index contributed by atoms with van der Waals surface area (Å²) in [4.78, 5) is 36.5. The van der Waals surface area contributed by atoms with E-state index in [1.807, 2.05) is 36.4 Å². The fourth-order valence-electron chi connectivity index (χ4n) is 5.18. The highest BCUT2D eigenvalue weighted by atomic mass is 16.5. The summed E-state index contributed by atoms with van der Waals surface area (Å²) < 4.78 is 5.49. The van der Waals surface area contributed by atoms with Crippen LogP contribution in [0.15, 0.2) is 48.5 Å². The molecular weight excluding hydrogens is 432 g/mol. The highest BCUT2D eigenvalue weighted by Crippen LogP contribution is 2.44. The number of benzene rings is 2. The first-order chi connectivity index (χ1) is 16.4. The van der Waals surface area contributed by atoms with E-state index in [0.717, 1.165) is 47.9 Å². The van der Waals surface area contributed by atoms with Crippen LogP contribution in [-0.4, -0.2) is 42.3 Å². The van der Waals surface area contributed by atoms with Gasteiger partial charge in [-0.15, -0.1) is 0 Å². The number of aliphatic carboxylic acids is 1. The van der Waals surface area contributed by atoms with Gasteiger partial charge < -0.3 is 20.5 Å². The number of alkyl carbamates (subject to hydrolysis) is 1. The molecule has 1 saturated carbocycles. The predicted octanol–water partition coefficient (Wildman–Crippen LogP) is 4.31. The molecule has 2 aromatic carbocycles. The van der Waals surface area contributed by atoms with Crippen LogP contribution in [0.3, 0.4) is 0 Å². The van der Waals surface area contributed by atoms with Crippen molar-refractivity contribution in [1.29, 1.82) is 0 Å². The molecule has 3 N–H and O–H groups in total. The Bertz CT molecular complexity index is 1000. The van der Waals surface area contributed by atoms with Crippen LogP contribution >= 0.6 is 0 Å². The van der Waals surface area contributed by atoms with E-state index in [2.05, 4.69) is 22.8 Å². The van der Waals surface area contributed by atoms with Gasteiger partial charge in [-0.2, -0.15) is 0 Å². The van der Waals surface area contributed by atoms with E-state index in [1.165, 1.54) is 0 Å². The Morgan fingerprint density at radius 2 is 1.59 bits per heavy atom. The van der Waals surface area contributed by atoms with Crippen LogP contribution in [0, 0.1) is 11.8 Å². The zero-order chi connectivity index (χ0) is 24.1. The minimum atomic E-state index is -0.899. The number of carboxylic acids is 1. The lowest BCUT2D eigenvalue weighted by Gasteiger charge is -2.20. The number of amides is 2. The van der Waals surface area contributed by atoms with Gasteiger partial charge in [-0.3, -0.25) is 9.59 Å². The van der Waals surface area contributed by atoms with Crippen molar-refractivity contribution in [3.8, 4) is 11.1 Å². The monoisotopic (exact) mass is 464 g/mol. The lowest BCUT2D eigenvalue weighted by molar-refractivity contribution is -0.142. The van der Waals surface area contributed by atoms with Crippen LogP contribution in [0.4, 0.5) is 4.79 Å². The Labute approximate surface area is 199 Å². The number of carbonyl (C=O) groups excluding carboxylic acids is 2. The highest BCUT2D eigenvalue weighted by molar-refractivity contribution is 5.85. The molecule has 180 valence electrons. The Morgan fingerprint density at radius 1 is 1.00 bits per heavy atom. The third-order valence-corrected chi connectivity index (χ3v) is 7.04. The van der Waals surface area contributed by atoms with Crippen molar-refractivity contribution >= 4 is 18.0 Å². The number of hydrogen-bond acceptors (Lipinski definition) is 4. The molecule has 1 fully saturated rings. The van der Waals surface area contributed by atoms with Crippen LogP contribution in [-0.2, 0) is 14.3 Å². The van der Waals surface area contributed by atoms with Gasteiger partial charge in [0.15, 0.2) is 0 Å². The third kappa shape index (κ3) is 5.41. The van der Waals surface area contributed by atoms with E-state index in [1.54, 1.807) is 6.92 Å². The molecule has 4 rings (SSSR count). The molecule has 0 spiro atoms. The Balaban J connectivity index is 1.27. The minimum Gasteiger partial charge on any atom is -0.481 e. The second-order valence-electron chi connectivity index (χ2n) is 9.36. The molecule has 2 atom stereocenters. The van der Waals surface area contributed by atoms with Gasteiger partial charge in [0.1, 0.15) is 12.6 Å². The summed E-state index contributed by atoms with van der Waals surface area (Å²) in [6, 6.07) is 15.3. The lowest BCUT2D eigenvalue weighted by Crippen LogP contribution is -2.47. The fourth-order valence-corrected chi connectivity index (χ4v) is 5.18. The smallest absolute Gasteiger partial charge is 0.407 e. The number of hydrogen-bond donors (Lipinski definition) is 3. The molecule has 0 bridgehead atoms. The van der Waals surface area contributed by atoms with Gasteiger partial charge in [-0.1, -0.05) is 74.2 Å². The summed E-state index contributed by atoms with van der Waals surface area (Å²) in [6.07, 6.45) is 4.29. The van der Waals surface area contributed by atoms with Gasteiger partial charge in [0.2, 0.25) is 5.91 Å². The molecule has 7 heteroatoms. The Morgan fingerprint density at radius 3 is 2.18 bits per heavy atom. The lowest BCUT2D eigenvalue weighted by atomic mass is 9.93. The van der Waals surface area contributed by atoms with E-state index in [4.69, 9.17) is 4.74 Å². The molecule has 1 unspecified atom stereocenters. The Kier molecular flexibility index (Phi) is 7.50. The zero-order valence-electron chi connectivity index (χ0n) is 19.5. The molecule has 2 aromatic rings. The molecule has 2 aliphatic rings. The van der Waals surface area contributed by atoms with Crippen molar-refractivity contribution in [3.63, 3.8) is 0 Å². The van der Waals surface area contributed by atoms with Crippen LogP contribution in [0.2, 0.25) is 0 Å². The van der Waals surface area contributed by atoms with Gasteiger partial charge in [0.05, 0.1) is 5.92 Å². The van der Waals surface area contributed by atoms with E-state index in [0.29, 0.717) is 12.3 Å². The SMILES string of the molecule is C[C@@H](NC(=O)OCC1c2ccccc2-c2ccccc21)C(=O)NCC(CC1CCCC1)C(=O)O. The van der Waals surface area contributed by atoms with E-state index in [-0.39, 0.29) is 19.1 Å². The summed E-state index contributed by atoms with van der Waals surface area (Å²) >= 11 is 0. The summed E-state index contributed by atoms with van der Waals surface area (Å²) in [5, 5.41) is 14.7. The number of carboxylic acid groups (broad SMARTS) is 1. The van der Waals surface area contributed by atoms with E-state index in [9.17, 15) is 19.5 Å². The number of nitrogens with one attached hydrogen (secondary N) is 2. The summed E-state index contributed by atoms with van der Waals surface area (Å²) in [6.45, 7) is 1.78. The third-order valence-electron chi connectivity index (χ3n) is 7.04. The molecule has 7 nitrogen and oxygen atoms in total. The molecule has 0 aromatic heterocycles. The molecular formula is C27H32N2O5. The van der Waals surface area contributed by atoms with Crippen LogP contribution < -0.4 is 10.6 Å². The van der Waals surface area contributed by atoms with Crippen molar-refractivity contribution in [1.82, 2.24) is 10.6 Å². The average Bonchev–Trinajstić information content (AvgIpc) is 3.46. The molecule has 0 saturated heterocycles. The van der Waals surface area contributed by atoms with Crippen molar-refractivity contribution in [2.45, 2.75) is 51.0 Å². The maximum absolute atomic E-state index is 12.5. The van der Waals surface area contributed by atoms with Crippen molar-refractivity contribution in [3.05, 3.63) is 59.7 Å². The van der Waals surface area contributed by atoms with Gasteiger partial charge in [0, 0.05) is 12.5 Å². The van der Waals surface area contributed by atoms with Crippen molar-refractivity contribution in [2.75, 3.05) is 13.2 Å². The number of carbonyl (C=O) groups is 3. The van der Waals surface area contributed by atoms with Gasteiger partial charge in [-0.25, -0.2) is 4.79 Å². The standard InChI is InChI=1S/C27H32N2O5/c1-17(25(30)28-15-19(26(31)32)14-18-8-2-3-9-18)29-27(33)34-16-24-22-12-6-4-10-20(22)21-11-5-7-13-23(21)24/h4-7,10-13,17-19,24H,2-3,8-9,14-16H2,1H3,(H,28,30)(H,29,33)(H,31,32)/t17-,19?/m1/s1. The largest absolute Gasteiger partial charge is 0.481 e. The maximum atomic E-state index is 12.5. The van der Waals surface area contributed by atoms with E-state index < -0.39 is 29.9 Å². The summed E-state index contributed by atoms with van der Waals surface area (Å²) in [5.41, 5.74) is 4.52. The maximum Gasteiger partial charge on any atom is 0.407 e. The minimum absolute atomic E-state index is 0.0569. The van der Waals surface area contributed by atoms with Gasteiger partial charge in [-0.05, 0) is 41.5 Å². The second-order valence-corrected chi connectivity index (χ2v) is 9.36. The second kappa shape index (κ2) is 10.7. The first-order valence-corrected chi connectivity index (χ1v) is 12.1. The van der Waals surface area contributed by atoms with Crippen LogP contribution in [0.1, 0.15) is 56.1 Å². The van der Waals surface area contributed by atoms with Crippen LogP contribution in [0.25, 0.3) is 11.1 Å². The summed E-state index contributed by atoms with van der Waals surface area (Å²) in [7, 11) is 0. The number of fused-ring (bicyclic) bond motifs is 3. The molecule has 34 heavy (non-hydrogen) atoms. The van der Waals surface area contributed by atoms with Gasteiger partial charge in [0.25, 0.3) is 0 Å². The van der Waals surface area contributed by atoms with Crippen LogP contribution in [0.5, 0.6) is 0 Å². The molecule has 2 aliphatic carbocycles. The highest BCUT2D eigenvalue weighted by Gasteiger charge is 2.30. The fraction of sp³-hybridized carbons (Fsp3) is 0.444. The molecule has 0 aliphatic heterocycles. The number of rotatable bonds is 9. The zero-order valence-corrected chi connectivity index (χ0v) is 19.5. The first-order valence-electron chi connectivity index (χ1n) is 12.1.